The van der Waals surface area contributed by atoms with E-state index in [9.17, 15) is 18.0 Å². The van der Waals surface area contributed by atoms with Crippen molar-refractivity contribution in [3.63, 3.8) is 0 Å². The Hall–Kier alpha value is -2.00. The lowest BCUT2D eigenvalue weighted by atomic mass is 10.1. The first-order chi connectivity index (χ1) is 17.5. The third-order valence-corrected chi connectivity index (χ3v) is 8.66. The lowest BCUT2D eigenvalue weighted by Crippen LogP contribution is -2.54. The standard InChI is InChI=1S/C26H32Cl3N3O4S/c1-3-23(26(34)30-19-11-7-8-12-19)31(14-13-18-9-5-4-6-10-18)25(33)17-32(37(2,35)36)24-16-21(28)20(27)15-22(24)29/h4-6,9-10,15-16,19,23H,3,7-8,11-14,17H2,1-2H3,(H,30,34). The predicted molar refractivity (Wildman–Crippen MR) is 150 cm³/mol. The molecule has 1 unspecified atom stereocenters. The smallest absolute Gasteiger partial charge is 0.244 e. The second kappa shape index (κ2) is 13.2. The zero-order valence-corrected chi connectivity index (χ0v) is 24.0. The van der Waals surface area contributed by atoms with Crippen LogP contribution in [0.3, 0.4) is 0 Å². The van der Waals surface area contributed by atoms with Gasteiger partial charge in [0, 0.05) is 12.6 Å². The number of nitrogens with zero attached hydrogens (tertiary/aromatic N) is 2. The summed E-state index contributed by atoms with van der Waals surface area (Å²) in [6.07, 6.45) is 5.82. The van der Waals surface area contributed by atoms with E-state index in [1.54, 1.807) is 0 Å². The quantitative estimate of drug-likeness (QED) is 0.360. The van der Waals surface area contributed by atoms with Crippen LogP contribution in [-0.2, 0) is 26.0 Å². The van der Waals surface area contributed by atoms with Gasteiger partial charge in [-0.3, -0.25) is 13.9 Å². The van der Waals surface area contributed by atoms with Gasteiger partial charge in [0.15, 0.2) is 0 Å². The van der Waals surface area contributed by atoms with E-state index in [-0.39, 0.29) is 39.2 Å². The van der Waals surface area contributed by atoms with Crippen molar-refractivity contribution in [1.29, 1.82) is 0 Å². The van der Waals surface area contributed by atoms with Crippen LogP contribution in [0.2, 0.25) is 15.1 Å². The molecule has 11 heteroatoms. The SMILES string of the molecule is CCC(C(=O)NC1CCCC1)N(CCc1ccccc1)C(=O)CN(c1cc(Cl)c(Cl)cc1Cl)S(C)(=O)=O. The van der Waals surface area contributed by atoms with Crippen LogP contribution in [0.1, 0.15) is 44.6 Å². The maximum atomic E-state index is 13.7. The number of rotatable bonds is 11. The molecule has 3 rings (SSSR count). The van der Waals surface area contributed by atoms with Crippen molar-refractivity contribution in [3.05, 3.63) is 63.1 Å². The molecule has 2 aromatic carbocycles. The van der Waals surface area contributed by atoms with E-state index in [1.807, 2.05) is 37.3 Å². The Balaban J connectivity index is 1.91. The van der Waals surface area contributed by atoms with Gasteiger partial charge in [-0.1, -0.05) is 84.9 Å². The zero-order valence-electron chi connectivity index (χ0n) is 20.9. The largest absolute Gasteiger partial charge is 0.352 e. The van der Waals surface area contributed by atoms with Gasteiger partial charge in [0.25, 0.3) is 0 Å². The number of halogens is 3. The molecule has 0 radical (unpaired) electrons. The second-order valence-electron chi connectivity index (χ2n) is 9.22. The number of sulfonamides is 1. The Kier molecular flexibility index (Phi) is 10.5. The molecule has 0 aliphatic heterocycles. The van der Waals surface area contributed by atoms with E-state index in [0.29, 0.717) is 12.8 Å². The molecule has 2 amide bonds. The lowest BCUT2D eigenvalue weighted by molar-refractivity contribution is -0.139. The molecule has 2 aromatic rings. The number of hydrogen-bond donors (Lipinski definition) is 1. The summed E-state index contributed by atoms with van der Waals surface area (Å²) in [7, 11) is -3.94. The molecule has 1 fully saturated rings. The van der Waals surface area contributed by atoms with E-state index in [1.165, 1.54) is 17.0 Å². The molecule has 1 saturated carbocycles. The number of amides is 2. The van der Waals surface area contributed by atoms with Crippen molar-refractivity contribution in [2.45, 2.75) is 57.5 Å². The molecule has 1 aliphatic carbocycles. The molecule has 1 atom stereocenters. The Morgan fingerprint density at radius 2 is 1.65 bits per heavy atom. The number of benzene rings is 2. The normalized spacial score (nSPS) is 14.8. The van der Waals surface area contributed by atoms with Crippen LogP contribution in [0.4, 0.5) is 5.69 Å². The number of carbonyl (C=O) groups excluding carboxylic acids is 2. The molecule has 0 aromatic heterocycles. The molecule has 0 bridgehead atoms. The van der Waals surface area contributed by atoms with Crippen molar-refractivity contribution < 1.29 is 18.0 Å². The van der Waals surface area contributed by atoms with Crippen molar-refractivity contribution in [1.82, 2.24) is 10.2 Å². The molecule has 0 heterocycles. The molecule has 1 aliphatic rings. The molecule has 0 saturated heterocycles. The third-order valence-electron chi connectivity index (χ3n) is 6.51. The van der Waals surface area contributed by atoms with Gasteiger partial charge in [0.2, 0.25) is 21.8 Å². The van der Waals surface area contributed by atoms with Crippen molar-refractivity contribution in [2.24, 2.45) is 0 Å². The first kappa shape index (κ1) is 29.6. The predicted octanol–water partition coefficient (Wildman–Crippen LogP) is 5.32. The molecular weight excluding hydrogens is 557 g/mol. The number of carbonyl (C=O) groups is 2. The molecule has 37 heavy (non-hydrogen) atoms. The summed E-state index contributed by atoms with van der Waals surface area (Å²) in [5.41, 5.74) is 1.04. The molecule has 7 nitrogen and oxygen atoms in total. The maximum absolute atomic E-state index is 13.7. The monoisotopic (exact) mass is 587 g/mol. The van der Waals surface area contributed by atoms with Gasteiger partial charge >= 0.3 is 0 Å². The zero-order chi connectivity index (χ0) is 27.2. The Morgan fingerprint density at radius 1 is 1.03 bits per heavy atom. The van der Waals surface area contributed by atoms with Gasteiger partial charge < -0.3 is 10.2 Å². The van der Waals surface area contributed by atoms with E-state index >= 15 is 0 Å². The van der Waals surface area contributed by atoms with Gasteiger partial charge in [-0.05, 0) is 43.4 Å². The topological polar surface area (TPSA) is 86.8 Å². The summed E-state index contributed by atoms with van der Waals surface area (Å²) in [6, 6.07) is 11.6. The highest BCUT2D eigenvalue weighted by molar-refractivity contribution is 7.92. The van der Waals surface area contributed by atoms with Gasteiger partial charge in [0.1, 0.15) is 12.6 Å². The number of anilines is 1. The van der Waals surface area contributed by atoms with E-state index in [4.69, 9.17) is 34.8 Å². The molecule has 0 spiro atoms. The minimum atomic E-state index is -3.94. The highest BCUT2D eigenvalue weighted by Crippen LogP contribution is 2.35. The van der Waals surface area contributed by atoms with Crippen molar-refractivity contribution in [2.75, 3.05) is 23.7 Å². The third kappa shape index (κ3) is 7.99. The van der Waals surface area contributed by atoms with Crippen LogP contribution in [-0.4, -0.2) is 56.6 Å². The Morgan fingerprint density at radius 3 is 2.24 bits per heavy atom. The van der Waals surface area contributed by atoms with Gasteiger partial charge in [0.05, 0.1) is 27.0 Å². The fraction of sp³-hybridized carbons (Fsp3) is 0.462. The average Bonchev–Trinajstić information content (AvgIpc) is 3.35. The highest BCUT2D eigenvalue weighted by atomic mass is 35.5. The Bertz CT molecular complexity index is 1210. The van der Waals surface area contributed by atoms with Crippen LogP contribution in [0.5, 0.6) is 0 Å². The summed E-state index contributed by atoms with van der Waals surface area (Å²) in [6.45, 7) is 1.54. The van der Waals surface area contributed by atoms with Gasteiger partial charge in [-0.15, -0.1) is 0 Å². The maximum Gasteiger partial charge on any atom is 0.244 e. The first-order valence-electron chi connectivity index (χ1n) is 12.3. The first-order valence-corrected chi connectivity index (χ1v) is 15.3. The second-order valence-corrected chi connectivity index (χ2v) is 12.4. The number of nitrogens with one attached hydrogen (secondary N) is 1. The fourth-order valence-corrected chi connectivity index (χ4v) is 6.11. The van der Waals surface area contributed by atoms with E-state index in [2.05, 4.69) is 5.32 Å². The average molecular weight is 589 g/mol. The molecule has 1 N–H and O–H groups in total. The molecule has 202 valence electrons. The minimum Gasteiger partial charge on any atom is -0.352 e. The highest BCUT2D eigenvalue weighted by Gasteiger charge is 2.33. The van der Waals surface area contributed by atoms with Crippen LogP contribution in [0, 0.1) is 0 Å². The van der Waals surface area contributed by atoms with E-state index in [0.717, 1.165) is 41.8 Å². The lowest BCUT2D eigenvalue weighted by Gasteiger charge is -2.33. The van der Waals surface area contributed by atoms with Crippen LogP contribution in [0.25, 0.3) is 0 Å². The fourth-order valence-electron chi connectivity index (χ4n) is 4.56. The van der Waals surface area contributed by atoms with Crippen LogP contribution in [0.15, 0.2) is 42.5 Å². The van der Waals surface area contributed by atoms with Crippen molar-refractivity contribution in [3.8, 4) is 0 Å². The van der Waals surface area contributed by atoms with Crippen molar-refractivity contribution >= 4 is 62.3 Å². The van der Waals surface area contributed by atoms with Crippen LogP contribution < -0.4 is 9.62 Å². The number of hydrogen-bond acceptors (Lipinski definition) is 4. The Labute approximate surface area is 234 Å². The van der Waals surface area contributed by atoms with Gasteiger partial charge in [-0.2, -0.15) is 0 Å². The summed E-state index contributed by atoms with van der Waals surface area (Å²) in [4.78, 5) is 28.5. The minimum absolute atomic E-state index is 0.0366. The van der Waals surface area contributed by atoms with E-state index < -0.39 is 28.5 Å². The summed E-state index contributed by atoms with van der Waals surface area (Å²) in [5, 5.41) is 3.38. The van der Waals surface area contributed by atoms with Gasteiger partial charge in [-0.25, -0.2) is 8.42 Å². The molecular formula is C26H32Cl3N3O4S. The summed E-state index contributed by atoms with van der Waals surface area (Å²) < 4.78 is 26.4. The summed E-state index contributed by atoms with van der Waals surface area (Å²) in [5.74, 6) is -0.744. The van der Waals surface area contributed by atoms with Crippen LogP contribution >= 0.6 is 34.8 Å². The summed E-state index contributed by atoms with van der Waals surface area (Å²) >= 11 is 18.5.